The molecule has 0 saturated heterocycles. The zero-order valence-electron chi connectivity index (χ0n) is 24.9. The molecule has 7 aromatic rings. The van der Waals surface area contributed by atoms with Gasteiger partial charge in [0.25, 0.3) is 0 Å². The number of aromatic amines is 2. The predicted octanol–water partition coefficient (Wildman–Crippen LogP) is 8.11. The molecule has 0 spiro atoms. The van der Waals surface area contributed by atoms with Crippen LogP contribution in [0.3, 0.4) is 0 Å². The summed E-state index contributed by atoms with van der Waals surface area (Å²) >= 11 is 0. The lowest BCUT2D eigenvalue weighted by Gasteiger charge is -2.09. The number of nitrogens with two attached hydrogens (primary N) is 2. The summed E-state index contributed by atoms with van der Waals surface area (Å²) in [6.45, 7) is 0.517. The SMILES string of the molecule is N#Cc1c(N)[nH]c2ccc(Oc3ccc(O)cc3)cc12.N#Cc1c(N)[nH]c2ccc(Oc3ccc(OCc4ccccc4)cc3)cc12. The van der Waals surface area contributed by atoms with Gasteiger partial charge < -0.3 is 40.8 Å². The number of nitrogens with one attached hydrogen (secondary N) is 2. The van der Waals surface area contributed by atoms with E-state index >= 15 is 0 Å². The maximum absolute atomic E-state index is 9.24. The minimum atomic E-state index is 0.179. The van der Waals surface area contributed by atoms with Crippen LogP contribution in [0.4, 0.5) is 11.6 Å². The quantitative estimate of drug-likeness (QED) is 0.118. The average molecular weight is 621 g/mol. The van der Waals surface area contributed by atoms with E-state index in [2.05, 4.69) is 22.1 Å². The number of aromatic hydroxyl groups is 1. The van der Waals surface area contributed by atoms with Gasteiger partial charge in [-0.2, -0.15) is 10.5 Å². The number of ether oxygens (including phenoxy) is 3. The highest BCUT2D eigenvalue weighted by Crippen LogP contribution is 2.32. The second kappa shape index (κ2) is 13.3. The fourth-order valence-electron chi connectivity index (χ4n) is 4.88. The molecule has 230 valence electrons. The van der Waals surface area contributed by atoms with Crippen LogP contribution in [0.15, 0.2) is 115 Å². The second-order valence-electron chi connectivity index (χ2n) is 10.4. The molecule has 0 radical (unpaired) electrons. The van der Waals surface area contributed by atoms with Gasteiger partial charge >= 0.3 is 0 Å². The van der Waals surface area contributed by atoms with Crippen molar-refractivity contribution in [1.82, 2.24) is 9.97 Å². The lowest BCUT2D eigenvalue weighted by molar-refractivity contribution is 0.306. The number of rotatable bonds is 7. The molecule has 47 heavy (non-hydrogen) atoms. The lowest BCUT2D eigenvalue weighted by Crippen LogP contribution is -1.94. The molecule has 0 atom stereocenters. The van der Waals surface area contributed by atoms with E-state index in [4.69, 9.17) is 30.9 Å². The Kier molecular flexibility index (Phi) is 8.49. The van der Waals surface area contributed by atoms with E-state index < -0.39 is 0 Å². The third-order valence-corrected chi connectivity index (χ3v) is 7.20. The Morgan fingerprint density at radius 2 is 1.02 bits per heavy atom. The van der Waals surface area contributed by atoms with Gasteiger partial charge in [-0.05, 0) is 90.5 Å². The molecule has 2 aromatic heterocycles. The lowest BCUT2D eigenvalue weighted by atomic mass is 10.2. The van der Waals surface area contributed by atoms with Gasteiger partial charge in [-0.3, -0.25) is 0 Å². The van der Waals surface area contributed by atoms with Gasteiger partial charge in [-0.25, -0.2) is 0 Å². The van der Waals surface area contributed by atoms with Crippen LogP contribution in [-0.4, -0.2) is 15.1 Å². The summed E-state index contributed by atoms with van der Waals surface area (Å²) in [6.07, 6.45) is 0. The number of benzene rings is 5. The number of aromatic nitrogens is 2. The number of hydrogen-bond donors (Lipinski definition) is 5. The molecule has 10 nitrogen and oxygen atoms in total. The fourth-order valence-corrected chi connectivity index (χ4v) is 4.88. The predicted molar refractivity (Wildman–Crippen MR) is 180 cm³/mol. The van der Waals surface area contributed by atoms with Crippen LogP contribution in [0.25, 0.3) is 21.8 Å². The van der Waals surface area contributed by atoms with Crippen molar-refractivity contribution in [3.05, 3.63) is 132 Å². The third kappa shape index (κ3) is 6.88. The molecular formula is C37H28N6O4. The van der Waals surface area contributed by atoms with Crippen LogP contribution in [0, 0.1) is 22.7 Å². The highest BCUT2D eigenvalue weighted by atomic mass is 16.5. The number of hydrogen-bond acceptors (Lipinski definition) is 8. The normalized spacial score (nSPS) is 10.4. The zero-order chi connectivity index (χ0) is 32.8. The minimum absolute atomic E-state index is 0.179. The van der Waals surface area contributed by atoms with Gasteiger partial charge in [0.2, 0.25) is 0 Å². The Balaban J connectivity index is 0.000000172. The second-order valence-corrected chi connectivity index (χ2v) is 10.4. The first-order chi connectivity index (χ1) is 22.9. The van der Waals surface area contributed by atoms with E-state index in [0.29, 0.717) is 52.4 Å². The van der Waals surface area contributed by atoms with Crippen LogP contribution in [-0.2, 0) is 6.61 Å². The molecule has 0 unspecified atom stereocenters. The van der Waals surface area contributed by atoms with Crippen LogP contribution >= 0.6 is 0 Å². The Morgan fingerprint density at radius 3 is 1.51 bits per heavy atom. The Labute approximate surface area is 269 Å². The molecule has 7 N–H and O–H groups in total. The third-order valence-electron chi connectivity index (χ3n) is 7.20. The number of anilines is 2. The van der Waals surface area contributed by atoms with Crippen LogP contribution in [0.5, 0.6) is 34.5 Å². The van der Waals surface area contributed by atoms with Crippen molar-refractivity contribution in [2.75, 3.05) is 11.5 Å². The number of nitrogens with zero attached hydrogens (tertiary/aromatic N) is 2. The van der Waals surface area contributed by atoms with Crippen molar-refractivity contribution in [2.45, 2.75) is 6.61 Å². The van der Waals surface area contributed by atoms with E-state index in [1.54, 1.807) is 42.5 Å². The van der Waals surface area contributed by atoms with Crippen LogP contribution in [0.2, 0.25) is 0 Å². The van der Waals surface area contributed by atoms with Crippen molar-refractivity contribution in [1.29, 1.82) is 10.5 Å². The number of nitrogen functional groups attached to an aromatic ring is 2. The van der Waals surface area contributed by atoms with Crippen molar-refractivity contribution in [2.24, 2.45) is 0 Å². The maximum atomic E-state index is 9.24. The first-order valence-electron chi connectivity index (χ1n) is 14.4. The number of phenolic OH excluding ortho intramolecular Hbond substituents is 1. The topological polar surface area (TPSA) is 179 Å². The summed E-state index contributed by atoms with van der Waals surface area (Å²) in [6, 6.07) is 38.9. The highest BCUT2D eigenvalue weighted by Gasteiger charge is 2.11. The van der Waals surface area contributed by atoms with E-state index in [1.807, 2.05) is 72.8 Å². The van der Waals surface area contributed by atoms with E-state index in [1.165, 1.54) is 0 Å². The molecular weight excluding hydrogens is 592 g/mol. The fraction of sp³-hybridized carbons (Fsp3) is 0.0270. The molecule has 0 aliphatic rings. The summed E-state index contributed by atoms with van der Waals surface area (Å²) in [5.74, 6) is 4.18. The van der Waals surface area contributed by atoms with Crippen LogP contribution < -0.4 is 25.7 Å². The zero-order valence-corrected chi connectivity index (χ0v) is 24.9. The molecule has 0 amide bonds. The first kappa shape index (κ1) is 30.0. The smallest absolute Gasteiger partial charge is 0.128 e. The van der Waals surface area contributed by atoms with Crippen molar-refractivity contribution in [3.8, 4) is 46.6 Å². The number of nitriles is 2. The minimum Gasteiger partial charge on any atom is -0.508 e. The van der Waals surface area contributed by atoms with Crippen molar-refractivity contribution in [3.63, 3.8) is 0 Å². The molecule has 0 saturated carbocycles. The summed E-state index contributed by atoms with van der Waals surface area (Å²) in [4.78, 5) is 5.93. The van der Waals surface area contributed by atoms with Crippen molar-refractivity contribution < 1.29 is 19.3 Å². The molecule has 7 rings (SSSR count). The van der Waals surface area contributed by atoms with Gasteiger partial charge in [-0.1, -0.05) is 30.3 Å². The van der Waals surface area contributed by atoms with E-state index in [9.17, 15) is 10.4 Å². The van der Waals surface area contributed by atoms with Crippen molar-refractivity contribution >= 4 is 33.4 Å². The summed E-state index contributed by atoms with van der Waals surface area (Å²) < 4.78 is 17.3. The monoisotopic (exact) mass is 620 g/mol. The molecule has 2 heterocycles. The Bertz CT molecular complexity index is 2240. The number of H-pyrrole nitrogens is 2. The molecule has 0 bridgehead atoms. The number of phenols is 1. The van der Waals surface area contributed by atoms with Gasteiger partial charge in [0.15, 0.2) is 0 Å². The Hall–Kier alpha value is -7.04. The summed E-state index contributed by atoms with van der Waals surface area (Å²) in [5.41, 5.74) is 15.1. The standard InChI is InChI=1S/C22H17N3O2.C15H11N3O2/c23-13-20-19-12-18(10-11-21(19)25-22(20)24)27-17-8-6-16(7-9-17)26-14-15-4-2-1-3-5-15;16-8-13-12-7-11(5-6-14(12)18-15(13)17)20-10-3-1-9(19)2-4-10/h1-12,25H,14,24H2;1-7,18-19H,17H2. The molecule has 10 heteroatoms. The van der Waals surface area contributed by atoms with Gasteiger partial charge in [0.1, 0.15) is 76.0 Å². The van der Waals surface area contributed by atoms with E-state index in [0.717, 1.165) is 33.1 Å². The van der Waals surface area contributed by atoms with Gasteiger partial charge in [0.05, 0.1) is 0 Å². The molecule has 0 fully saturated rings. The average Bonchev–Trinajstić information content (AvgIpc) is 3.59. The summed E-state index contributed by atoms with van der Waals surface area (Å²) in [7, 11) is 0. The van der Waals surface area contributed by atoms with Gasteiger partial charge in [-0.15, -0.1) is 0 Å². The van der Waals surface area contributed by atoms with Crippen LogP contribution in [0.1, 0.15) is 16.7 Å². The number of fused-ring (bicyclic) bond motifs is 2. The highest BCUT2D eigenvalue weighted by molar-refractivity contribution is 5.92. The maximum Gasteiger partial charge on any atom is 0.128 e. The molecule has 5 aromatic carbocycles. The van der Waals surface area contributed by atoms with E-state index in [-0.39, 0.29) is 5.75 Å². The largest absolute Gasteiger partial charge is 0.508 e. The molecule has 0 aliphatic heterocycles. The summed E-state index contributed by atoms with van der Waals surface area (Å²) in [5, 5.41) is 29.0. The van der Waals surface area contributed by atoms with Gasteiger partial charge in [0, 0.05) is 21.8 Å². The Morgan fingerprint density at radius 1 is 0.574 bits per heavy atom. The first-order valence-corrected chi connectivity index (χ1v) is 14.4. The molecule has 0 aliphatic carbocycles.